The van der Waals surface area contributed by atoms with Crippen molar-refractivity contribution in [2.24, 2.45) is 0 Å². The second-order valence-electron chi connectivity index (χ2n) is 5.96. The molecule has 6 heteroatoms. The number of anilines is 1. The minimum Gasteiger partial charge on any atom is -0.367 e. The normalized spacial score (nSPS) is 17.1. The van der Waals surface area contributed by atoms with E-state index in [2.05, 4.69) is 10.3 Å². The summed E-state index contributed by atoms with van der Waals surface area (Å²) in [6.45, 7) is 1.16. The Morgan fingerprint density at radius 3 is 2.96 bits per heavy atom. The molecule has 1 aliphatic rings. The maximum atomic E-state index is 13.8. The molecule has 126 valence electrons. The van der Waals surface area contributed by atoms with Crippen LogP contribution in [0.15, 0.2) is 42.7 Å². The molecule has 1 N–H and O–H groups in total. The Bertz CT molecular complexity index is 709. The summed E-state index contributed by atoms with van der Waals surface area (Å²) in [5.74, 6) is -1.18. The average molecular weight is 331 g/mol. The van der Waals surface area contributed by atoms with Crippen LogP contribution < -0.4 is 10.2 Å². The monoisotopic (exact) mass is 331 g/mol. The number of nitrogens with one attached hydrogen (secondary N) is 1. The molecule has 0 radical (unpaired) electrons. The Morgan fingerprint density at radius 1 is 1.33 bits per heavy atom. The fourth-order valence-electron chi connectivity index (χ4n) is 2.94. The van der Waals surface area contributed by atoms with Gasteiger partial charge < -0.3 is 10.2 Å². The van der Waals surface area contributed by atoms with Crippen molar-refractivity contribution in [2.45, 2.75) is 25.3 Å². The zero-order chi connectivity index (χ0) is 16.9. The molecule has 1 aliphatic heterocycles. The SMILES string of the molecule is O=C(CCc1cccnc1)N[C@H]1CCN(c2ccc(F)cc2F)C1. The quantitative estimate of drug-likeness (QED) is 0.916. The van der Waals surface area contributed by atoms with E-state index in [1.165, 1.54) is 12.1 Å². The van der Waals surface area contributed by atoms with E-state index in [0.717, 1.165) is 18.1 Å². The number of pyridine rings is 1. The highest BCUT2D eigenvalue weighted by molar-refractivity contribution is 5.76. The lowest BCUT2D eigenvalue weighted by molar-refractivity contribution is -0.121. The van der Waals surface area contributed by atoms with Gasteiger partial charge in [-0.25, -0.2) is 8.78 Å². The number of hydrogen-bond donors (Lipinski definition) is 1. The van der Waals surface area contributed by atoms with Crippen molar-refractivity contribution >= 4 is 11.6 Å². The molecule has 1 fully saturated rings. The molecule has 1 aromatic heterocycles. The summed E-state index contributed by atoms with van der Waals surface area (Å²) in [5, 5.41) is 2.98. The highest BCUT2D eigenvalue weighted by Crippen LogP contribution is 2.24. The molecule has 3 rings (SSSR count). The van der Waals surface area contributed by atoms with E-state index < -0.39 is 11.6 Å². The molecule has 0 unspecified atom stereocenters. The van der Waals surface area contributed by atoms with Gasteiger partial charge in [0.1, 0.15) is 11.6 Å². The minimum atomic E-state index is -0.587. The topological polar surface area (TPSA) is 45.2 Å². The smallest absolute Gasteiger partial charge is 0.220 e. The van der Waals surface area contributed by atoms with Gasteiger partial charge in [-0.3, -0.25) is 9.78 Å². The van der Waals surface area contributed by atoms with E-state index in [1.807, 2.05) is 17.0 Å². The summed E-state index contributed by atoms with van der Waals surface area (Å²) in [7, 11) is 0. The first-order chi connectivity index (χ1) is 11.6. The van der Waals surface area contributed by atoms with Crippen LogP contribution in [0.2, 0.25) is 0 Å². The Balaban J connectivity index is 1.49. The van der Waals surface area contributed by atoms with E-state index in [-0.39, 0.29) is 11.9 Å². The van der Waals surface area contributed by atoms with E-state index in [9.17, 15) is 13.6 Å². The van der Waals surface area contributed by atoms with Gasteiger partial charge in [-0.05, 0) is 36.6 Å². The predicted octanol–water partition coefficient (Wildman–Crippen LogP) is 2.69. The van der Waals surface area contributed by atoms with E-state index >= 15 is 0 Å². The van der Waals surface area contributed by atoms with Gasteiger partial charge in [0.05, 0.1) is 5.69 Å². The molecule has 1 aromatic carbocycles. The Hall–Kier alpha value is -2.50. The molecule has 1 amide bonds. The summed E-state index contributed by atoms with van der Waals surface area (Å²) in [6, 6.07) is 7.34. The van der Waals surface area contributed by atoms with Gasteiger partial charge in [0.15, 0.2) is 0 Å². The molecule has 1 saturated heterocycles. The minimum absolute atomic E-state index is 0.0177. The molecular weight excluding hydrogens is 312 g/mol. The molecule has 0 aliphatic carbocycles. The largest absolute Gasteiger partial charge is 0.367 e. The highest BCUT2D eigenvalue weighted by Gasteiger charge is 2.25. The number of aryl methyl sites for hydroxylation is 1. The summed E-state index contributed by atoms with van der Waals surface area (Å²) < 4.78 is 26.8. The van der Waals surface area contributed by atoms with E-state index in [1.54, 1.807) is 12.4 Å². The fourth-order valence-corrected chi connectivity index (χ4v) is 2.94. The molecule has 0 spiro atoms. The molecule has 4 nitrogen and oxygen atoms in total. The van der Waals surface area contributed by atoms with Crippen LogP contribution in [0.5, 0.6) is 0 Å². The van der Waals surface area contributed by atoms with E-state index in [4.69, 9.17) is 0 Å². The first-order valence-electron chi connectivity index (χ1n) is 8.00. The van der Waals surface area contributed by atoms with Gasteiger partial charge in [0, 0.05) is 44.0 Å². The highest BCUT2D eigenvalue weighted by atomic mass is 19.1. The van der Waals surface area contributed by atoms with Crippen LogP contribution in [-0.2, 0) is 11.2 Å². The number of aromatic nitrogens is 1. The van der Waals surface area contributed by atoms with Crippen LogP contribution in [0.25, 0.3) is 0 Å². The number of carbonyl (C=O) groups excluding carboxylic acids is 1. The van der Waals surface area contributed by atoms with Crippen LogP contribution in [0.3, 0.4) is 0 Å². The molecule has 0 bridgehead atoms. The van der Waals surface area contributed by atoms with Gasteiger partial charge in [-0.2, -0.15) is 0 Å². The summed E-state index contributed by atoms with van der Waals surface area (Å²) in [4.78, 5) is 17.9. The molecule has 0 saturated carbocycles. The number of nitrogens with zero attached hydrogens (tertiary/aromatic N) is 2. The van der Waals surface area contributed by atoms with Crippen LogP contribution in [0, 0.1) is 11.6 Å². The van der Waals surface area contributed by atoms with Crippen LogP contribution >= 0.6 is 0 Å². The van der Waals surface area contributed by atoms with Gasteiger partial charge in [0.25, 0.3) is 0 Å². The van der Waals surface area contributed by atoms with Gasteiger partial charge >= 0.3 is 0 Å². The third-order valence-electron chi connectivity index (χ3n) is 4.17. The van der Waals surface area contributed by atoms with Crippen molar-refractivity contribution in [3.63, 3.8) is 0 Å². The number of carbonyl (C=O) groups is 1. The predicted molar refractivity (Wildman–Crippen MR) is 87.7 cm³/mol. The Labute approximate surface area is 139 Å². The van der Waals surface area contributed by atoms with Crippen molar-refractivity contribution in [3.05, 3.63) is 59.9 Å². The summed E-state index contributed by atoms with van der Waals surface area (Å²) in [5.41, 5.74) is 1.40. The third-order valence-corrected chi connectivity index (χ3v) is 4.17. The molecule has 2 heterocycles. The molecule has 24 heavy (non-hydrogen) atoms. The van der Waals surface area contributed by atoms with Crippen molar-refractivity contribution < 1.29 is 13.6 Å². The Kier molecular flexibility index (Phi) is 5.03. The van der Waals surface area contributed by atoms with Crippen molar-refractivity contribution in [1.29, 1.82) is 0 Å². The van der Waals surface area contributed by atoms with Crippen molar-refractivity contribution in [2.75, 3.05) is 18.0 Å². The average Bonchev–Trinajstić information content (AvgIpc) is 3.02. The number of amides is 1. The molecule has 2 aromatic rings. The summed E-state index contributed by atoms with van der Waals surface area (Å²) in [6.07, 6.45) is 5.23. The van der Waals surface area contributed by atoms with Crippen LogP contribution in [0.1, 0.15) is 18.4 Å². The summed E-state index contributed by atoms with van der Waals surface area (Å²) >= 11 is 0. The maximum Gasteiger partial charge on any atom is 0.220 e. The number of rotatable bonds is 5. The first-order valence-corrected chi connectivity index (χ1v) is 8.00. The number of hydrogen-bond acceptors (Lipinski definition) is 3. The van der Waals surface area contributed by atoms with Gasteiger partial charge in [0.2, 0.25) is 5.91 Å². The van der Waals surface area contributed by atoms with Crippen molar-refractivity contribution in [1.82, 2.24) is 10.3 Å². The second kappa shape index (κ2) is 7.38. The lowest BCUT2D eigenvalue weighted by Crippen LogP contribution is -2.37. The molecule has 1 atom stereocenters. The number of benzene rings is 1. The zero-order valence-electron chi connectivity index (χ0n) is 13.2. The van der Waals surface area contributed by atoms with E-state index in [0.29, 0.717) is 31.6 Å². The third kappa shape index (κ3) is 4.07. The molecular formula is C18H19F2N3O. The zero-order valence-corrected chi connectivity index (χ0v) is 13.2. The van der Waals surface area contributed by atoms with Gasteiger partial charge in [-0.1, -0.05) is 6.07 Å². The van der Waals surface area contributed by atoms with Gasteiger partial charge in [-0.15, -0.1) is 0 Å². The van der Waals surface area contributed by atoms with Crippen LogP contribution in [0.4, 0.5) is 14.5 Å². The Morgan fingerprint density at radius 2 is 2.21 bits per heavy atom. The lowest BCUT2D eigenvalue weighted by atomic mass is 10.1. The standard InChI is InChI=1S/C18H19F2N3O/c19-14-4-5-17(16(20)10-14)23-9-7-15(12-23)22-18(24)6-3-13-2-1-8-21-11-13/h1-2,4-5,8,10-11,15H,3,6-7,9,12H2,(H,22,24)/t15-/m0/s1. The number of halogens is 2. The fraction of sp³-hybridized carbons (Fsp3) is 0.333. The second-order valence-corrected chi connectivity index (χ2v) is 5.96. The van der Waals surface area contributed by atoms with Crippen molar-refractivity contribution in [3.8, 4) is 0 Å². The maximum absolute atomic E-state index is 13.8. The first kappa shape index (κ1) is 16.4. The van der Waals surface area contributed by atoms with Crippen LogP contribution in [-0.4, -0.2) is 30.0 Å². The lowest BCUT2D eigenvalue weighted by Gasteiger charge is -2.19.